The van der Waals surface area contributed by atoms with E-state index < -0.39 is 0 Å². The number of aromatic nitrogens is 2. The number of hydrogen-bond donors (Lipinski definition) is 1. The number of amides is 1. The zero-order valence-corrected chi connectivity index (χ0v) is 16.4. The summed E-state index contributed by atoms with van der Waals surface area (Å²) in [5, 5.41) is 6.96. The van der Waals surface area contributed by atoms with Crippen LogP contribution in [0, 0.1) is 11.8 Å². The van der Waals surface area contributed by atoms with Gasteiger partial charge in [-0.1, -0.05) is 26.0 Å². The average molecular weight is 367 g/mol. The normalized spacial score (nSPS) is 21.4. The minimum absolute atomic E-state index is 0.157. The molecular weight excluding hydrogens is 336 g/mol. The van der Waals surface area contributed by atoms with Crippen LogP contribution in [0.2, 0.25) is 0 Å². The molecule has 0 spiro atoms. The van der Waals surface area contributed by atoms with Crippen molar-refractivity contribution in [3.05, 3.63) is 42.1 Å². The highest BCUT2D eigenvalue weighted by molar-refractivity contribution is 5.94. The van der Waals surface area contributed by atoms with E-state index >= 15 is 0 Å². The van der Waals surface area contributed by atoms with Crippen LogP contribution in [0.4, 0.5) is 0 Å². The molecule has 2 fully saturated rings. The van der Waals surface area contributed by atoms with Crippen molar-refractivity contribution in [2.45, 2.75) is 39.2 Å². The van der Waals surface area contributed by atoms with Crippen molar-refractivity contribution in [2.24, 2.45) is 11.8 Å². The number of rotatable bonds is 5. The second-order valence-electron chi connectivity index (χ2n) is 8.40. The van der Waals surface area contributed by atoms with E-state index in [0.29, 0.717) is 12.0 Å². The van der Waals surface area contributed by atoms with Crippen LogP contribution < -0.4 is 0 Å². The summed E-state index contributed by atoms with van der Waals surface area (Å²) >= 11 is 0. The molecule has 1 amide bonds. The molecule has 1 saturated heterocycles. The van der Waals surface area contributed by atoms with E-state index in [2.05, 4.69) is 33.8 Å². The predicted octanol–water partition coefficient (Wildman–Crippen LogP) is 3.66. The summed E-state index contributed by atoms with van der Waals surface area (Å²) in [5.74, 6) is 1.61. The van der Waals surface area contributed by atoms with E-state index in [0.717, 1.165) is 48.8 Å². The van der Waals surface area contributed by atoms with Gasteiger partial charge in [-0.3, -0.25) is 14.8 Å². The zero-order chi connectivity index (χ0) is 18.8. The first-order valence-electron chi connectivity index (χ1n) is 10.2. The molecule has 4 rings (SSSR count). The van der Waals surface area contributed by atoms with Crippen LogP contribution in [-0.2, 0) is 0 Å². The highest BCUT2D eigenvalue weighted by Gasteiger charge is 2.33. The number of carbonyl (C=O) groups excluding carboxylic acids is 1. The minimum Gasteiger partial charge on any atom is -0.337 e. The topological polar surface area (TPSA) is 52.2 Å². The van der Waals surface area contributed by atoms with Crippen LogP contribution in [0.25, 0.3) is 11.3 Å². The van der Waals surface area contributed by atoms with Gasteiger partial charge in [0, 0.05) is 44.0 Å². The van der Waals surface area contributed by atoms with Crippen LogP contribution in [0.5, 0.6) is 0 Å². The Kier molecular flexibility index (Phi) is 5.30. The maximum atomic E-state index is 13.1. The smallest absolute Gasteiger partial charge is 0.253 e. The third-order valence-corrected chi connectivity index (χ3v) is 5.94. The molecule has 144 valence electrons. The third-order valence-electron chi connectivity index (χ3n) is 5.94. The second-order valence-corrected chi connectivity index (χ2v) is 8.40. The fourth-order valence-corrected chi connectivity index (χ4v) is 4.13. The molecule has 1 saturated carbocycles. The Morgan fingerprint density at radius 1 is 1.19 bits per heavy atom. The number of carbonyl (C=O) groups is 1. The summed E-state index contributed by atoms with van der Waals surface area (Å²) in [6.07, 6.45) is 5.57. The maximum Gasteiger partial charge on any atom is 0.253 e. The Bertz CT molecular complexity index is 749. The van der Waals surface area contributed by atoms with Gasteiger partial charge in [0.15, 0.2) is 0 Å². The van der Waals surface area contributed by atoms with Gasteiger partial charge in [-0.2, -0.15) is 5.10 Å². The number of nitrogens with one attached hydrogen (secondary N) is 1. The van der Waals surface area contributed by atoms with Crippen molar-refractivity contribution in [3.8, 4) is 11.3 Å². The first kappa shape index (κ1) is 18.2. The average Bonchev–Trinajstić information content (AvgIpc) is 3.38. The molecule has 1 aliphatic heterocycles. The standard InChI is InChI=1S/C22H30N4O/c1-16(2)21-15-26(13-3-12-25(21)14-17-4-5-17)22(27)19-8-6-18(7-9-19)20-10-11-23-24-20/h6-11,16-17,21H,3-5,12-15H2,1-2H3,(H,23,24)/t21-/m1/s1. The molecule has 1 N–H and O–H groups in total. The highest BCUT2D eigenvalue weighted by Crippen LogP contribution is 2.32. The Hall–Kier alpha value is -2.14. The molecule has 1 aromatic heterocycles. The van der Waals surface area contributed by atoms with Gasteiger partial charge >= 0.3 is 0 Å². The highest BCUT2D eigenvalue weighted by atomic mass is 16.2. The second kappa shape index (κ2) is 7.85. The molecule has 2 aromatic rings. The largest absolute Gasteiger partial charge is 0.337 e. The fourth-order valence-electron chi connectivity index (χ4n) is 4.13. The lowest BCUT2D eigenvalue weighted by atomic mass is 10.0. The quantitative estimate of drug-likeness (QED) is 0.879. The summed E-state index contributed by atoms with van der Waals surface area (Å²) in [5.41, 5.74) is 2.80. The maximum absolute atomic E-state index is 13.1. The SMILES string of the molecule is CC(C)[C@H]1CN(C(=O)c2ccc(-c3ccn[nH]3)cc2)CCCN1CC1CC1. The fraction of sp³-hybridized carbons (Fsp3) is 0.545. The number of H-pyrrole nitrogens is 1. The van der Waals surface area contributed by atoms with E-state index in [1.54, 1.807) is 6.20 Å². The zero-order valence-electron chi connectivity index (χ0n) is 16.4. The molecule has 1 atom stereocenters. The Labute approximate surface area is 161 Å². The van der Waals surface area contributed by atoms with E-state index in [1.807, 2.05) is 30.3 Å². The van der Waals surface area contributed by atoms with Crippen molar-refractivity contribution in [1.29, 1.82) is 0 Å². The molecule has 5 nitrogen and oxygen atoms in total. The van der Waals surface area contributed by atoms with Crippen LogP contribution >= 0.6 is 0 Å². The lowest BCUT2D eigenvalue weighted by Gasteiger charge is -2.34. The molecule has 0 bridgehead atoms. The molecular formula is C22H30N4O. The molecule has 0 radical (unpaired) electrons. The monoisotopic (exact) mass is 366 g/mol. The van der Waals surface area contributed by atoms with E-state index in [9.17, 15) is 4.79 Å². The van der Waals surface area contributed by atoms with Gasteiger partial charge < -0.3 is 4.90 Å². The summed E-state index contributed by atoms with van der Waals surface area (Å²) < 4.78 is 0. The van der Waals surface area contributed by atoms with Crippen molar-refractivity contribution < 1.29 is 4.79 Å². The van der Waals surface area contributed by atoms with Gasteiger partial charge in [0.2, 0.25) is 0 Å². The number of nitrogens with zero attached hydrogens (tertiary/aromatic N) is 3. The number of aromatic amines is 1. The van der Waals surface area contributed by atoms with Crippen LogP contribution in [0.3, 0.4) is 0 Å². The van der Waals surface area contributed by atoms with Crippen molar-refractivity contribution in [2.75, 3.05) is 26.2 Å². The van der Waals surface area contributed by atoms with Gasteiger partial charge in [-0.05, 0) is 54.9 Å². The summed E-state index contributed by atoms with van der Waals surface area (Å²) in [6, 6.07) is 10.3. The van der Waals surface area contributed by atoms with Crippen LogP contribution in [0.15, 0.2) is 36.5 Å². The van der Waals surface area contributed by atoms with E-state index in [1.165, 1.54) is 19.4 Å². The summed E-state index contributed by atoms with van der Waals surface area (Å²) in [6.45, 7) is 8.60. The molecule has 0 unspecified atom stereocenters. The van der Waals surface area contributed by atoms with E-state index in [4.69, 9.17) is 0 Å². The molecule has 1 aromatic carbocycles. The Morgan fingerprint density at radius 3 is 2.59 bits per heavy atom. The molecule has 2 aliphatic rings. The van der Waals surface area contributed by atoms with Crippen LogP contribution in [0.1, 0.15) is 43.5 Å². The van der Waals surface area contributed by atoms with Gasteiger partial charge in [-0.15, -0.1) is 0 Å². The summed E-state index contributed by atoms with van der Waals surface area (Å²) in [4.78, 5) is 17.9. The van der Waals surface area contributed by atoms with Crippen molar-refractivity contribution >= 4 is 5.91 Å². The molecule has 5 heteroatoms. The van der Waals surface area contributed by atoms with Gasteiger partial charge in [0.05, 0.1) is 5.69 Å². The molecule has 27 heavy (non-hydrogen) atoms. The van der Waals surface area contributed by atoms with Gasteiger partial charge in [0.1, 0.15) is 0 Å². The van der Waals surface area contributed by atoms with E-state index in [-0.39, 0.29) is 5.91 Å². The predicted molar refractivity (Wildman–Crippen MR) is 107 cm³/mol. The first-order chi connectivity index (χ1) is 13.1. The molecule has 1 aliphatic carbocycles. The van der Waals surface area contributed by atoms with Gasteiger partial charge in [0.25, 0.3) is 5.91 Å². The van der Waals surface area contributed by atoms with Gasteiger partial charge in [-0.25, -0.2) is 0 Å². The Morgan fingerprint density at radius 2 is 1.96 bits per heavy atom. The Balaban J connectivity index is 1.47. The van der Waals surface area contributed by atoms with Crippen LogP contribution in [-0.4, -0.2) is 58.1 Å². The number of benzene rings is 1. The van der Waals surface area contributed by atoms with Crippen molar-refractivity contribution in [3.63, 3.8) is 0 Å². The molecule has 2 heterocycles. The lowest BCUT2D eigenvalue weighted by Crippen LogP contribution is -2.46. The third kappa shape index (κ3) is 4.24. The lowest BCUT2D eigenvalue weighted by molar-refractivity contribution is 0.0704. The first-order valence-corrected chi connectivity index (χ1v) is 10.2. The summed E-state index contributed by atoms with van der Waals surface area (Å²) in [7, 11) is 0. The van der Waals surface area contributed by atoms with Crippen molar-refractivity contribution in [1.82, 2.24) is 20.0 Å². The number of hydrogen-bond acceptors (Lipinski definition) is 3. The minimum atomic E-state index is 0.157.